The highest BCUT2D eigenvalue weighted by Gasteiger charge is 2.46. The van der Waals surface area contributed by atoms with Crippen molar-refractivity contribution in [3.05, 3.63) is 101 Å². The largest absolute Gasteiger partial charge is 0.507 e. The maximum Gasteiger partial charge on any atom is 0.300 e. The molecule has 1 aliphatic rings. The summed E-state index contributed by atoms with van der Waals surface area (Å²) in [5.74, 6) is -0.641. The monoisotopic (exact) mass is 455 g/mol. The van der Waals surface area contributed by atoms with Crippen LogP contribution in [0.15, 0.2) is 84.4 Å². The van der Waals surface area contributed by atoms with E-state index in [1.807, 2.05) is 61.5 Å². The van der Waals surface area contributed by atoms with E-state index in [-0.39, 0.29) is 11.3 Å². The fourth-order valence-electron chi connectivity index (χ4n) is 4.18. The number of ketones is 1. The van der Waals surface area contributed by atoms with Gasteiger partial charge >= 0.3 is 0 Å². The number of ether oxygens (including phenoxy) is 1. The Morgan fingerprint density at radius 2 is 1.68 bits per heavy atom. The summed E-state index contributed by atoms with van der Waals surface area (Å²) in [4.78, 5) is 28.0. The van der Waals surface area contributed by atoms with Crippen LogP contribution in [0.3, 0.4) is 0 Å². The van der Waals surface area contributed by atoms with E-state index in [4.69, 9.17) is 4.74 Å². The van der Waals surface area contributed by atoms with Gasteiger partial charge in [-0.05, 0) is 47.7 Å². The molecule has 3 aromatic rings. The smallest absolute Gasteiger partial charge is 0.300 e. The first-order valence-electron chi connectivity index (χ1n) is 11.6. The number of carbonyl (C=O) groups is 2. The SMILES string of the molecule is CCCOc1cccc(/C(O)=C2/C(=O)C(=O)N(c3ccc(C(C)C)cc3)C2c2ccccc2)c1. The standard InChI is InChI=1S/C29H29NO4/c1-4-17-34-24-12-8-11-22(18-24)27(31)25-26(21-9-6-5-7-10-21)30(29(33)28(25)32)23-15-13-20(14-16-23)19(2)3/h5-16,18-19,26,31H,4,17H2,1-3H3/b27-25-. The van der Waals surface area contributed by atoms with Gasteiger partial charge in [0.05, 0.1) is 18.2 Å². The zero-order valence-corrected chi connectivity index (χ0v) is 19.7. The van der Waals surface area contributed by atoms with Gasteiger partial charge in [0.15, 0.2) is 0 Å². The minimum absolute atomic E-state index is 0.0665. The van der Waals surface area contributed by atoms with Crippen molar-refractivity contribution in [1.82, 2.24) is 0 Å². The van der Waals surface area contributed by atoms with Gasteiger partial charge in [0.2, 0.25) is 0 Å². The first-order valence-corrected chi connectivity index (χ1v) is 11.6. The third-order valence-corrected chi connectivity index (χ3v) is 5.98. The molecule has 4 rings (SSSR count). The Balaban J connectivity index is 1.85. The number of aliphatic hydroxyl groups excluding tert-OH is 1. The van der Waals surface area contributed by atoms with E-state index < -0.39 is 17.7 Å². The van der Waals surface area contributed by atoms with Crippen molar-refractivity contribution in [2.24, 2.45) is 0 Å². The van der Waals surface area contributed by atoms with E-state index in [2.05, 4.69) is 13.8 Å². The third-order valence-electron chi connectivity index (χ3n) is 5.98. The number of hydrogen-bond acceptors (Lipinski definition) is 4. The molecule has 1 fully saturated rings. The lowest BCUT2D eigenvalue weighted by molar-refractivity contribution is -0.132. The van der Waals surface area contributed by atoms with Crippen molar-refractivity contribution in [3.63, 3.8) is 0 Å². The lowest BCUT2D eigenvalue weighted by Gasteiger charge is -2.25. The van der Waals surface area contributed by atoms with Gasteiger partial charge in [0.25, 0.3) is 11.7 Å². The minimum Gasteiger partial charge on any atom is -0.507 e. The van der Waals surface area contributed by atoms with Crippen molar-refractivity contribution >= 4 is 23.1 Å². The summed E-state index contributed by atoms with van der Waals surface area (Å²) < 4.78 is 5.69. The van der Waals surface area contributed by atoms with Crippen molar-refractivity contribution in [1.29, 1.82) is 0 Å². The number of rotatable bonds is 7. The number of carbonyl (C=O) groups excluding carboxylic acids is 2. The second-order valence-corrected chi connectivity index (χ2v) is 8.70. The number of hydrogen-bond donors (Lipinski definition) is 1. The molecule has 174 valence electrons. The Hall–Kier alpha value is -3.86. The Labute approximate surface area is 200 Å². The molecular formula is C29H29NO4. The van der Waals surface area contributed by atoms with Crippen LogP contribution in [0, 0.1) is 0 Å². The highest BCUT2D eigenvalue weighted by Crippen LogP contribution is 2.42. The topological polar surface area (TPSA) is 66.8 Å². The number of nitrogens with zero attached hydrogens (tertiary/aromatic N) is 1. The molecule has 0 saturated carbocycles. The van der Waals surface area contributed by atoms with E-state index in [9.17, 15) is 14.7 Å². The second kappa shape index (κ2) is 9.96. The normalized spacial score (nSPS) is 17.4. The van der Waals surface area contributed by atoms with Gasteiger partial charge in [-0.3, -0.25) is 14.5 Å². The van der Waals surface area contributed by atoms with Crippen molar-refractivity contribution in [3.8, 4) is 5.75 Å². The molecule has 0 bridgehead atoms. The van der Waals surface area contributed by atoms with E-state index in [0.717, 1.165) is 17.5 Å². The van der Waals surface area contributed by atoms with Crippen molar-refractivity contribution < 1.29 is 19.4 Å². The van der Waals surface area contributed by atoms with Crippen LogP contribution in [0.4, 0.5) is 5.69 Å². The summed E-state index contributed by atoms with van der Waals surface area (Å²) >= 11 is 0. The van der Waals surface area contributed by atoms with Gasteiger partial charge < -0.3 is 9.84 Å². The molecule has 1 heterocycles. The summed E-state index contributed by atoms with van der Waals surface area (Å²) in [6, 6.07) is 23.2. The number of benzene rings is 3. The van der Waals surface area contributed by atoms with Crippen LogP contribution >= 0.6 is 0 Å². The van der Waals surface area contributed by atoms with E-state index in [1.165, 1.54) is 4.90 Å². The lowest BCUT2D eigenvalue weighted by atomic mass is 9.95. The zero-order chi connectivity index (χ0) is 24.2. The molecule has 1 aliphatic heterocycles. The molecule has 5 nitrogen and oxygen atoms in total. The first kappa shape index (κ1) is 23.3. The van der Waals surface area contributed by atoms with E-state index in [0.29, 0.717) is 29.5 Å². The molecule has 1 saturated heterocycles. The van der Waals surface area contributed by atoms with Gasteiger partial charge in [-0.2, -0.15) is 0 Å². The summed E-state index contributed by atoms with van der Waals surface area (Å²) in [5, 5.41) is 11.3. The van der Waals surface area contributed by atoms with Gasteiger partial charge in [0.1, 0.15) is 11.5 Å². The van der Waals surface area contributed by atoms with Crippen molar-refractivity contribution in [2.45, 2.75) is 39.2 Å². The molecule has 1 amide bonds. The van der Waals surface area contributed by atoms with Gasteiger partial charge in [-0.15, -0.1) is 0 Å². The van der Waals surface area contributed by atoms with Gasteiger partial charge in [-0.1, -0.05) is 75.4 Å². The van der Waals surface area contributed by atoms with Crippen LogP contribution in [0.2, 0.25) is 0 Å². The van der Waals surface area contributed by atoms with Gasteiger partial charge in [-0.25, -0.2) is 0 Å². The highest BCUT2D eigenvalue weighted by atomic mass is 16.5. The first-order chi connectivity index (χ1) is 16.4. The zero-order valence-electron chi connectivity index (χ0n) is 19.7. The lowest BCUT2D eigenvalue weighted by Crippen LogP contribution is -2.29. The fourth-order valence-corrected chi connectivity index (χ4v) is 4.18. The second-order valence-electron chi connectivity index (χ2n) is 8.70. The predicted octanol–water partition coefficient (Wildman–Crippen LogP) is 6.23. The van der Waals surface area contributed by atoms with E-state index >= 15 is 0 Å². The molecule has 1 atom stereocenters. The van der Waals surface area contributed by atoms with E-state index in [1.54, 1.807) is 24.3 Å². The van der Waals surface area contributed by atoms with Crippen molar-refractivity contribution in [2.75, 3.05) is 11.5 Å². The number of aliphatic hydroxyl groups is 1. The summed E-state index contributed by atoms with van der Waals surface area (Å²) in [6.45, 7) is 6.76. The Bertz CT molecular complexity index is 1210. The molecule has 0 spiro atoms. The highest BCUT2D eigenvalue weighted by molar-refractivity contribution is 6.51. The Morgan fingerprint density at radius 3 is 2.32 bits per heavy atom. The summed E-state index contributed by atoms with van der Waals surface area (Å²) in [7, 11) is 0. The minimum atomic E-state index is -0.744. The number of anilines is 1. The van der Waals surface area contributed by atoms with Crippen LogP contribution in [-0.2, 0) is 9.59 Å². The molecule has 0 aliphatic carbocycles. The van der Waals surface area contributed by atoms with Crippen LogP contribution in [0.1, 0.15) is 55.8 Å². The Morgan fingerprint density at radius 1 is 0.971 bits per heavy atom. The summed E-state index contributed by atoms with van der Waals surface area (Å²) in [5.41, 5.74) is 2.99. The van der Waals surface area contributed by atoms with Crippen LogP contribution in [0.5, 0.6) is 5.75 Å². The molecule has 1 N–H and O–H groups in total. The predicted molar refractivity (Wildman–Crippen MR) is 134 cm³/mol. The number of amides is 1. The molecule has 3 aromatic carbocycles. The summed E-state index contributed by atoms with van der Waals surface area (Å²) in [6.07, 6.45) is 0.852. The molecular weight excluding hydrogens is 426 g/mol. The average molecular weight is 456 g/mol. The number of Topliss-reactive ketones (excluding diaryl/α,β-unsaturated/α-hetero) is 1. The molecule has 5 heteroatoms. The average Bonchev–Trinajstić information content (AvgIpc) is 3.13. The quantitative estimate of drug-likeness (QED) is 0.261. The van der Waals surface area contributed by atoms with Gasteiger partial charge in [0, 0.05) is 11.3 Å². The fraction of sp³-hybridized carbons (Fsp3) is 0.241. The third kappa shape index (κ3) is 4.46. The van der Waals surface area contributed by atoms with Crippen LogP contribution in [0.25, 0.3) is 5.76 Å². The molecule has 1 unspecified atom stereocenters. The van der Waals surface area contributed by atoms with Crippen LogP contribution in [-0.4, -0.2) is 23.4 Å². The maximum absolute atomic E-state index is 13.3. The van der Waals surface area contributed by atoms with Crippen LogP contribution < -0.4 is 9.64 Å². The molecule has 0 aromatic heterocycles. The Kier molecular flexibility index (Phi) is 6.82. The molecule has 34 heavy (non-hydrogen) atoms. The molecule has 0 radical (unpaired) electrons. The maximum atomic E-state index is 13.3.